The highest BCUT2D eigenvalue weighted by Crippen LogP contribution is 1.74. The Morgan fingerprint density at radius 1 is 1.12 bits per heavy atom. The van der Waals surface area contributed by atoms with Gasteiger partial charge in [-0.1, -0.05) is 0 Å². The van der Waals surface area contributed by atoms with Gasteiger partial charge in [0, 0.05) is 0 Å². The van der Waals surface area contributed by atoms with E-state index in [4.69, 9.17) is 10.2 Å². The van der Waals surface area contributed by atoms with Gasteiger partial charge in [0.1, 0.15) is 6.42 Å². The molecule has 0 aromatic carbocycles. The molecule has 0 rings (SSSR count). The number of quaternary nitrogens is 1. The van der Waals surface area contributed by atoms with Gasteiger partial charge in [-0.25, -0.2) is 0 Å². The predicted molar refractivity (Wildman–Crippen MR) is 25.9 cm³/mol. The van der Waals surface area contributed by atoms with E-state index < -0.39 is 18.4 Å². The molecule has 0 spiro atoms. The Morgan fingerprint density at radius 3 is 1.38 bits per heavy atom. The number of hydrogen-bond donors (Lipinski definition) is 3. The highest BCUT2D eigenvalue weighted by atomic mass is 16.4. The molecular formula is C3H8NO4+. The summed E-state index contributed by atoms with van der Waals surface area (Å²) in [6, 6.07) is 0. The van der Waals surface area contributed by atoms with Crippen molar-refractivity contribution in [3.8, 4) is 0 Å². The lowest BCUT2D eigenvalue weighted by atomic mass is 10.5. The van der Waals surface area contributed by atoms with Gasteiger partial charge in [0.2, 0.25) is 0 Å². The number of carboxylic acids is 2. The third-order valence-electron chi connectivity index (χ3n) is 0.302. The Labute approximate surface area is 45.5 Å². The van der Waals surface area contributed by atoms with Crippen molar-refractivity contribution in [2.45, 2.75) is 6.42 Å². The van der Waals surface area contributed by atoms with Crippen LogP contribution in [0, 0.1) is 0 Å². The van der Waals surface area contributed by atoms with Gasteiger partial charge < -0.3 is 16.4 Å². The zero-order chi connectivity index (χ0) is 5.86. The van der Waals surface area contributed by atoms with Gasteiger partial charge in [0.05, 0.1) is 0 Å². The third-order valence-corrected chi connectivity index (χ3v) is 0.302. The van der Waals surface area contributed by atoms with Crippen molar-refractivity contribution in [3.05, 3.63) is 0 Å². The molecule has 0 aromatic heterocycles. The van der Waals surface area contributed by atoms with Crippen molar-refractivity contribution < 1.29 is 19.8 Å². The summed E-state index contributed by atoms with van der Waals surface area (Å²) < 4.78 is 0. The fourth-order valence-corrected chi connectivity index (χ4v) is 0.129. The molecule has 0 radical (unpaired) electrons. The highest BCUT2D eigenvalue weighted by Gasteiger charge is 2.01. The van der Waals surface area contributed by atoms with Crippen LogP contribution in [0.1, 0.15) is 6.42 Å². The Morgan fingerprint density at radius 2 is 1.38 bits per heavy atom. The summed E-state index contributed by atoms with van der Waals surface area (Å²) in [5, 5.41) is 15.4. The minimum atomic E-state index is -1.31. The van der Waals surface area contributed by atoms with E-state index in [1.807, 2.05) is 0 Å². The molecule has 0 saturated heterocycles. The van der Waals surface area contributed by atoms with E-state index >= 15 is 0 Å². The van der Waals surface area contributed by atoms with Crippen LogP contribution in [-0.4, -0.2) is 22.2 Å². The van der Waals surface area contributed by atoms with Crippen LogP contribution >= 0.6 is 0 Å². The van der Waals surface area contributed by atoms with Crippen molar-refractivity contribution in [3.63, 3.8) is 0 Å². The first-order valence-electron chi connectivity index (χ1n) is 1.56. The standard InChI is InChI=1S/C3H4O4.H3N/c4-2(5)1-3(6)7;/h1H2,(H,4,5)(H,6,7);1H3/p+1. The minimum absolute atomic E-state index is 0. The molecular weight excluding hydrogens is 114 g/mol. The summed E-state index contributed by atoms with van der Waals surface area (Å²) in [4.78, 5) is 18.9. The molecule has 6 N–H and O–H groups in total. The van der Waals surface area contributed by atoms with Gasteiger partial charge in [0.25, 0.3) is 0 Å². The zero-order valence-electron chi connectivity index (χ0n) is 4.42. The summed E-state index contributed by atoms with van der Waals surface area (Å²) in [5.41, 5.74) is 0. The van der Waals surface area contributed by atoms with E-state index in [0.29, 0.717) is 0 Å². The van der Waals surface area contributed by atoms with Crippen molar-refractivity contribution in [1.82, 2.24) is 6.15 Å². The van der Waals surface area contributed by atoms with E-state index in [-0.39, 0.29) is 6.15 Å². The lowest BCUT2D eigenvalue weighted by molar-refractivity contribution is -0.147. The van der Waals surface area contributed by atoms with E-state index in [9.17, 15) is 9.59 Å². The maximum atomic E-state index is 9.43. The van der Waals surface area contributed by atoms with E-state index in [0.717, 1.165) is 0 Å². The zero-order valence-corrected chi connectivity index (χ0v) is 4.42. The monoisotopic (exact) mass is 122 g/mol. The molecule has 5 heteroatoms. The quantitative estimate of drug-likeness (QED) is 0.444. The molecule has 48 valence electrons. The smallest absolute Gasteiger partial charge is 0.314 e. The highest BCUT2D eigenvalue weighted by molar-refractivity contribution is 5.88. The van der Waals surface area contributed by atoms with Gasteiger partial charge in [-0.05, 0) is 0 Å². The average Bonchev–Trinajstić information content (AvgIpc) is 1.27. The Balaban J connectivity index is 0. The first kappa shape index (κ1) is 10.0. The average molecular weight is 122 g/mol. The van der Waals surface area contributed by atoms with Gasteiger partial charge in [-0.15, -0.1) is 0 Å². The molecule has 8 heavy (non-hydrogen) atoms. The van der Waals surface area contributed by atoms with Crippen molar-refractivity contribution in [2.75, 3.05) is 0 Å². The fraction of sp³-hybridized carbons (Fsp3) is 0.333. The van der Waals surface area contributed by atoms with E-state index in [2.05, 4.69) is 0 Å². The number of carbonyl (C=O) groups is 2. The largest absolute Gasteiger partial charge is 0.481 e. The van der Waals surface area contributed by atoms with Crippen LogP contribution in [0.25, 0.3) is 0 Å². The molecule has 0 heterocycles. The van der Waals surface area contributed by atoms with Crippen molar-refractivity contribution in [1.29, 1.82) is 0 Å². The topological polar surface area (TPSA) is 111 Å². The SMILES string of the molecule is O=C(O)CC(=O)O.[NH4+]. The Hall–Kier alpha value is -1.10. The van der Waals surface area contributed by atoms with E-state index in [1.165, 1.54) is 0 Å². The van der Waals surface area contributed by atoms with Crippen LogP contribution < -0.4 is 6.15 Å². The van der Waals surface area contributed by atoms with Crippen LogP contribution in [0.3, 0.4) is 0 Å². The molecule has 0 unspecified atom stereocenters. The molecule has 0 aliphatic rings. The predicted octanol–water partition coefficient (Wildman–Crippen LogP) is -0.0781. The van der Waals surface area contributed by atoms with Crippen molar-refractivity contribution >= 4 is 11.9 Å². The molecule has 0 saturated carbocycles. The van der Waals surface area contributed by atoms with E-state index in [1.54, 1.807) is 0 Å². The number of rotatable bonds is 2. The summed E-state index contributed by atoms with van der Waals surface area (Å²) in [6.07, 6.45) is -0.806. The normalized spacial score (nSPS) is 7.00. The molecule has 0 fully saturated rings. The first-order valence-corrected chi connectivity index (χ1v) is 1.56. The second-order valence-corrected chi connectivity index (χ2v) is 0.964. The molecule has 0 atom stereocenters. The lowest BCUT2D eigenvalue weighted by Gasteiger charge is -1.80. The first-order chi connectivity index (χ1) is 3.13. The molecule has 0 aliphatic heterocycles. The number of aliphatic carboxylic acids is 2. The molecule has 0 bridgehead atoms. The summed E-state index contributed by atoms with van der Waals surface area (Å²) in [5.74, 6) is -2.62. The maximum Gasteiger partial charge on any atom is 0.314 e. The molecule has 0 amide bonds. The summed E-state index contributed by atoms with van der Waals surface area (Å²) in [6.45, 7) is 0. The summed E-state index contributed by atoms with van der Waals surface area (Å²) in [7, 11) is 0. The van der Waals surface area contributed by atoms with Crippen LogP contribution in [0.2, 0.25) is 0 Å². The minimum Gasteiger partial charge on any atom is -0.481 e. The number of hydrogen-bond acceptors (Lipinski definition) is 2. The lowest BCUT2D eigenvalue weighted by Crippen LogP contribution is -2.03. The summed E-state index contributed by atoms with van der Waals surface area (Å²) >= 11 is 0. The Bertz CT molecular complexity index is 87.5. The van der Waals surface area contributed by atoms with Gasteiger partial charge in [0.15, 0.2) is 0 Å². The number of carboxylic acid groups (broad SMARTS) is 2. The maximum absolute atomic E-state index is 9.43. The van der Waals surface area contributed by atoms with Gasteiger partial charge >= 0.3 is 11.9 Å². The second kappa shape index (κ2) is 4.07. The molecule has 0 aliphatic carbocycles. The van der Waals surface area contributed by atoms with Crippen LogP contribution in [-0.2, 0) is 9.59 Å². The van der Waals surface area contributed by atoms with Crippen LogP contribution in [0.15, 0.2) is 0 Å². The third kappa shape index (κ3) is 8.86. The van der Waals surface area contributed by atoms with Gasteiger partial charge in [-0.3, -0.25) is 9.59 Å². The second-order valence-electron chi connectivity index (χ2n) is 0.964. The molecule has 5 nitrogen and oxygen atoms in total. The van der Waals surface area contributed by atoms with Gasteiger partial charge in [-0.2, -0.15) is 0 Å². The van der Waals surface area contributed by atoms with Crippen molar-refractivity contribution in [2.24, 2.45) is 0 Å². The van der Waals surface area contributed by atoms with Crippen LogP contribution in [0.5, 0.6) is 0 Å². The molecule has 0 aromatic rings. The Kier molecular flexibility index (Phi) is 5.09. The fourth-order valence-electron chi connectivity index (χ4n) is 0.129. The van der Waals surface area contributed by atoms with Crippen LogP contribution in [0.4, 0.5) is 0 Å².